The molecular weight excluding hydrogens is 162 g/mol. The lowest BCUT2D eigenvalue weighted by molar-refractivity contribution is 0.929. The molecule has 0 aliphatic rings. The van der Waals surface area contributed by atoms with Crippen LogP contribution in [0.4, 0.5) is 0 Å². The van der Waals surface area contributed by atoms with Crippen molar-refractivity contribution in [2.75, 3.05) is 6.54 Å². The van der Waals surface area contributed by atoms with Gasteiger partial charge in [0.1, 0.15) is 0 Å². The summed E-state index contributed by atoms with van der Waals surface area (Å²) in [6, 6.07) is 4.02. The monoisotopic (exact) mass is 175 g/mol. The fourth-order valence-corrected chi connectivity index (χ4v) is 1.63. The molecule has 3 heteroatoms. The summed E-state index contributed by atoms with van der Waals surface area (Å²) < 4.78 is 2.09. The van der Waals surface area contributed by atoms with E-state index in [4.69, 9.17) is 5.73 Å². The van der Waals surface area contributed by atoms with Gasteiger partial charge in [0.15, 0.2) is 0 Å². The number of pyridine rings is 1. The molecule has 2 aromatic rings. The average molecular weight is 175 g/mol. The molecule has 68 valence electrons. The quantitative estimate of drug-likeness (QED) is 0.742. The summed E-state index contributed by atoms with van der Waals surface area (Å²) >= 11 is 0. The van der Waals surface area contributed by atoms with Crippen LogP contribution in [-0.4, -0.2) is 16.1 Å². The van der Waals surface area contributed by atoms with Gasteiger partial charge in [0.25, 0.3) is 0 Å². The van der Waals surface area contributed by atoms with E-state index in [1.54, 1.807) is 0 Å². The maximum Gasteiger partial charge on any atom is 0.0913 e. The van der Waals surface area contributed by atoms with Crippen LogP contribution in [0.2, 0.25) is 0 Å². The van der Waals surface area contributed by atoms with Crippen LogP contribution in [0.15, 0.2) is 24.5 Å². The van der Waals surface area contributed by atoms with Crippen molar-refractivity contribution < 1.29 is 0 Å². The summed E-state index contributed by atoms with van der Waals surface area (Å²) in [7, 11) is 2.03. The molecule has 2 heterocycles. The van der Waals surface area contributed by atoms with Crippen LogP contribution in [-0.2, 0) is 13.5 Å². The van der Waals surface area contributed by atoms with Crippen molar-refractivity contribution in [3.63, 3.8) is 0 Å². The number of hydrogen-bond acceptors (Lipinski definition) is 2. The number of rotatable bonds is 2. The van der Waals surface area contributed by atoms with Gasteiger partial charge in [-0.15, -0.1) is 0 Å². The molecule has 13 heavy (non-hydrogen) atoms. The minimum atomic E-state index is 0.676. The lowest BCUT2D eigenvalue weighted by atomic mass is 10.2. The molecule has 0 saturated heterocycles. The predicted molar refractivity (Wildman–Crippen MR) is 53.5 cm³/mol. The van der Waals surface area contributed by atoms with Gasteiger partial charge in [0, 0.05) is 19.4 Å². The topological polar surface area (TPSA) is 43.8 Å². The highest BCUT2D eigenvalue weighted by atomic mass is 14.9. The third-order valence-electron chi connectivity index (χ3n) is 2.23. The second-order valence-corrected chi connectivity index (χ2v) is 3.18. The molecule has 0 aromatic carbocycles. The lowest BCUT2D eigenvalue weighted by Gasteiger charge is -1.93. The van der Waals surface area contributed by atoms with Gasteiger partial charge in [0.2, 0.25) is 0 Å². The summed E-state index contributed by atoms with van der Waals surface area (Å²) in [5, 5.41) is 0. The van der Waals surface area contributed by atoms with Crippen molar-refractivity contribution in [2.24, 2.45) is 12.8 Å². The standard InChI is InChI=1S/C10H13N3/c1-13-7-8(4-5-11)10-9(13)3-2-6-12-10/h2-3,6-7H,4-5,11H2,1H3. The Morgan fingerprint density at radius 3 is 3.15 bits per heavy atom. The first-order chi connectivity index (χ1) is 6.33. The highest BCUT2D eigenvalue weighted by Gasteiger charge is 2.05. The zero-order valence-electron chi connectivity index (χ0n) is 7.70. The maximum absolute atomic E-state index is 5.52. The number of hydrogen-bond donors (Lipinski definition) is 1. The van der Waals surface area contributed by atoms with E-state index in [0.29, 0.717) is 6.54 Å². The Balaban J connectivity index is 2.63. The van der Waals surface area contributed by atoms with Crippen molar-refractivity contribution in [1.29, 1.82) is 0 Å². The zero-order chi connectivity index (χ0) is 9.26. The van der Waals surface area contributed by atoms with E-state index in [9.17, 15) is 0 Å². The highest BCUT2D eigenvalue weighted by molar-refractivity contribution is 5.79. The second-order valence-electron chi connectivity index (χ2n) is 3.18. The van der Waals surface area contributed by atoms with Crippen molar-refractivity contribution in [1.82, 2.24) is 9.55 Å². The van der Waals surface area contributed by atoms with Crippen molar-refractivity contribution >= 4 is 11.0 Å². The van der Waals surface area contributed by atoms with Crippen molar-refractivity contribution in [3.05, 3.63) is 30.1 Å². The first-order valence-electron chi connectivity index (χ1n) is 4.42. The Bertz CT molecular complexity index is 417. The number of aromatic nitrogens is 2. The van der Waals surface area contributed by atoms with E-state index in [1.807, 2.05) is 19.3 Å². The largest absolute Gasteiger partial charge is 0.349 e. The third kappa shape index (κ3) is 1.31. The first kappa shape index (κ1) is 8.26. The molecule has 0 fully saturated rings. The highest BCUT2D eigenvalue weighted by Crippen LogP contribution is 2.17. The maximum atomic E-state index is 5.52. The molecule has 0 amide bonds. The first-order valence-corrected chi connectivity index (χ1v) is 4.42. The van der Waals surface area contributed by atoms with E-state index in [-0.39, 0.29) is 0 Å². The lowest BCUT2D eigenvalue weighted by Crippen LogP contribution is -2.02. The number of fused-ring (bicyclic) bond motifs is 1. The predicted octanol–water partition coefficient (Wildman–Crippen LogP) is 1.07. The van der Waals surface area contributed by atoms with Crippen LogP contribution < -0.4 is 5.73 Å². The normalized spacial score (nSPS) is 10.9. The van der Waals surface area contributed by atoms with Gasteiger partial charge in [0.05, 0.1) is 11.0 Å². The molecule has 0 radical (unpaired) electrons. The smallest absolute Gasteiger partial charge is 0.0913 e. The summed E-state index contributed by atoms with van der Waals surface area (Å²) in [6.07, 6.45) is 4.82. The fourth-order valence-electron chi connectivity index (χ4n) is 1.63. The van der Waals surface area contributed by atoms with E-state index in [0.717, 1.165) is 11.9 Å². The van der Waals surface area contributed by atoms with Gasteiger partial charge >= 0.3 is 0 Å². The minimum absolute atomic E-state index is 0.676. The van der Waals surface area contributed by atoms with Gasteiger partial charge in [-0.25, -0.2) is 0 Å². The number of nitrogens with zero attached hydrogens (tertiary/aromatic N) is 2. The van der Waals surface area contributed by atoms with Crippen LogP contribution in [0, 0.1) is 0 Å². The molecule has 0 aliphatic carbocycles. The molecule has 2 aromatic heterocycles. The second kappa shape index (κ2) is 3.18. The van der Waals surface area contributed by atoms with Gasteiger partial charge in [-0.1, -0.05) is 0 Å². The van der Waals surface area contributed by atoms with Crippen molar-refractivity contribution in [2.45, 2.75) is 6.42 Å². The zero-order valence-corrected chi connectivity index (χ0v) is 7.70. The average Bonchev–Trinajstić information content (AvgIpc) is 2.46. The molecule has 0 aliphatic heterocycles. The summed E-state index contributed by atoms with van der Waals surface area (Å²) in [4.78, 5) is 4.34. The number of aryl methyl sites for hydroxylation is 1. The van der Waals surface area contributed by atoms with Crippen LogP contribution in [0.1, 0.15) is 5.56 Å². The molecule has 2 N–H and O–H groups in total. The third-order valence-corrected chi connectivity index (χ3v) is 2.23. The van der Waals surface area contributed by atoms with Crippen LogP contribution in [0.25, 0.3) is 11.0 Å². The Morgan fingerprint density at radius 2 is 2.38 bits per heavy atom. The molecule has 2 rings (SSSR count). The SMILES string of the molecule is Cn1cc(CCN)c2ncccc21. The Morgan fingerprint density at radius 1 is 1.54 bits per heavy atom. The number of nitrogens with two attached hydrogens (primary N) is 1. The van der Waals surface area contributed by atoms with Gasteiger partial charge in [-0.2, -0.15) is 0 Å². The van der Waals surface area contributed by atoms with E-state index in [2.05, 4.69) is 21.8 Å². The van der Waals surface area contributed by atoms with Crippen molar-refractivity contribution in [3.8, 4) is 0 Å². The molecule has 0 atom stereocenters. The Labute approximate surface area is 77.2 Å². The van der Waals surface area contributed by atoms with E-state index < -0.39 is 0 Å². The van der Waals surface area contributed by atoms with Crippen LogP contribution in [0.5, 0.6) is 0 Å². The van der Waals surface area contributed by atoms with Crippen LogP contribution in [0.3, 0.4) is 0 Å². The molecule has 0 bridgehead atoms. The van der Waals surface area contributed by atoms with E-state index >= 15 is 0 Å². The minimum Gasteiger partial charge on any atom is -0.349 e. The molecule has 0 unspecified atom stereocenters. The van der Waals surface area contributed by atoms with Gasteiger partial charge < -0.3 is 10.3 Å². The molecular formula is C10H13N3. The fraction of sp³-hybridized carbons (Fsp3) is 0.300. The summed E-state index contributed by atoms with van der Waals surface area (Å²) in [5.74, 6) is 0. The molecule has 0 saturated carbocycles. The summed E-state index contributed by atoms with van der Waals surface area (Å²) in [6.45, 7) is 0.676. The Hall–Kier alpha value is -1.35. The summed E-state index contributed by atoms with van der Waals surface area (Å²) in [5.41, 5.74) is 9.01. The Kier molecular flexibility index (Phi) is 2.02. The van der Waals surface area contributed by atoms with Gasteiger partial charge in [-0.05, 0) is 30.7 Å². The molecule has 0 spiro atoms. The van der Waals surface area contributed by atoms with Gasteiger partial charge in [-0.3, -0.25) is 4.98 Å². The molecule has 3 nitrogen and oxygen atoms in total. The van der Waals surface area contributed by atoms with E-state index in [1.165, 1.54) is 11.1 Å². The van der Waals surface area contributed by atoms with Crippen LogP contribution >= 0.6 is 0 Å².